The molecule has 1 fully saturated rings. The molecular formula is C24H30N2O5S. The van der Waals surface area contributed by atoms with Crippen LogP contribution in [0.25, 0.3) is 0 Å². The van der Waals surface area contributed by atoms with Gasteiger partial charge in [-0.2, -0.15) is 4.31 Å². The van der Waals surface area contributed by atoms with E-state index in [1.807, 2.05) is 31.2 Å². The van der Waals surface area contributed by atoms with E-state index in [9.17, 15) is 18.0 Å². The topological polar surface area (TPSA) is 92.8 Å². The maximum atomic E-state index is 12.9. The fraction of sp³-hybridized carbons (Fsp3) is 0.417. The predicted molar refractivity (Wildman–Crippen MR) is 122 cm³/mol. The predicted octanol–water partition coefficient (Wildman–Crippen LogP) is 3.59. The standard InChI is InChI=1S/C24H30N2O5S/c1-17(2)31-23(27)16-22(19-8-6-18(3)7-9-19)25-24(28)20-10-12-21(13-11-20)32(29,30)26-14-4-5-15-26/h6-13,17,22H,4-5,14-16H2,1-3H3,(H,25,28). The highest BCUT2D eigenvalue weighted by molar-refractivity contribution is 7.89. The second-order valence-corrected chi connectivity index (χ2v) is 10.3. The van der Waals surface area contributed by atoms with Gasteiger partial charge in [-0.05, 0) is 63.4 Å². The van der Waals surface area contributed by atoms with Crippen molar-refractivity contribution in [1.82, 2.24) is 9.62 Å². The fourth-order valence-electron chi connectivity index (χ4n) is 3.63. The third kappa shape index (κ3) is 5.95. The Hall–Kier alpha value is -2.71. The molecule has 1 saturated heterocycles. The van der Waals surface area contributed by atoms with Gasteiger partial charge in [-0.25, -0.2) is 8.42 Å². The number of ether oxygens (including phenoxy) is 1. The summed E-state index contributed by atoms with van der Waals surface area (Å²) in [5.74, 6) is -0.795. The Kier molecular flexibility index (Phi) is 7.69. The summed E-state index contributed by atoms with van der Waals surface area (Å²) in [6.07, 6.45) is 1.47. The molecule has 8 heteroatoms. The SMILES string of the molecule is Cc1ccc(C(CC(=O)OC(C)C)NC(=O)c2ccc(S(=O)(=O)N3CCCC3)cc2)cc1. The van der Waals surface area contributed by atoms with Crippen LogP contribution in [-0.4, -0.2) is 43.8 Å². The maximum absolute atomic E-state index is 12.9. The molecule has 2 aromatic rings. The molecule has 0 spiro atoms. The van der Waals surface area contributed by atoms with Crippen molar-refractivity contribution in [1.29, 1.82) is 0 Å². The second-order valence-electron chi connectivity index (χ2n) is 8.32. The van der Waals surface area contributed by atoms with Gasteiger partial charge in [-0.1, -0.05) is 29.8 Å². The first-order valence-corrected chi connectivity index (χ1v) is 12.3. The third-order valence-electron chi connectivity index (χ3n) is 5.34. The number of esters is 1. The zero-order valence-corrected chi connectivity index (χ0v) is 19.5. The first kappa shape index (κ1) is 23.9. The van der Waals surface area contributed by atoms with E-state index in [0.29, 0.717) is 18.7 Å². The van der Waals surface area contributed by atoms with Crippen LogP contribution in [0.1, 0.15) is 60.6 Å². The molecule has 7 nitrogen and oxygen atoms in total. The van der Waals surface area contributed by atoms with Crippen LogP contribution in [0.2, 0.25) is 0 Å². The zero-order chi connectivity index (χ0) is 23.3. The van der Waals surface area contributed by atoms with E-state index in [1.165, 1.54) is 28.6 Å². The molecule has 0 radical (unpaired) electrons. The van der Waals surface area contributed by atoms with Gasteiger partial charge in [-0.3, -0.25) is 9.59 Å². The number of rotatable bonds is 8. The van der Waals surface area contributed by atoms with Crippen LogP contribution >= 0.6 is 0 Å². The number of amides is 1. The number of benzene rings is 2. The summed E-state index contributed by atoms with van der Waals surface area (Å²) in [5, 5.41) is 2.89. The summed E-state index contributed by atoms with van der Waals surface area (Å²) in [7, 11) is -3.54. The van der Waals surface area contributed by atoms with Crippen molar-refractivity contribution in [3.63, 3.8) is 0 Å². The minimum absolute atomic E-state index is 0.00555. The summed E-state index contributed by atoms with van der Waals surface area (Å²) in [4.78, 5) is 25.3. The summed E-state index contributed by atoms with van der Waals surface area (Å²) >= 11 is 0. The molecule has 1 aliphatic heterocycles. The molecular weight excluding hydrogens is 428 g/mol. The quantitative estimate of drug-likeness (QED) is 0.610. The van der Waals surface area contributed by atoms with Crippen LogP contribution < -0.4 is 5.32 Å². The van der Waals surface area contributed by atoms with Crippen LogP contribution in [0.4, 0.5) is 0 Å². The van der Waals surface area contributed by atoms with Gasteiger partial charge < -0.3 is 10.1 Å². The molecule has 2 aromatic carbocycles. The first-order chi connectivity index (χ1) is 15.2. The lowest BCUT2D eigenvalue weighted by molar-refractivity contribution is -0.147. The normalized spacial score (nSPS) is 15.5. The Balaban J connectivity index is 1.76. The van der Waals surface area contributed by atoms with Gasteiger partial charge in [0.25, 0.3) is 5.91 Å². The number of nitrogens with one attached hydrogen (secondary N) is 1. The number of sulfonamides is 1. The average molecular weight is 459 g/mol. The van der Waals surface area contributed by atoms with Gasteiger partial charge in [0.15, 0.2) is 0 Å². The minimum Gasteiger partial charge on any atom is -0.463 e. The average Bonchev–Trinajstić information content (AvgIpc) is 3.29. The molecule has 0 aromatic heterocycles. The van der Waals surface area contributed by atoms with Crippen LogP contribution in [0, 0.1) is 6.92 Å². The lowest BCUT2D eigenvalue weighted by Gasteiger charge is -2.20. The van der Waals surface area contributed by atoms with Crippen molar-refractivity contribution in [3.8, 4) is 0 Å². The number of hydrogen-bond acceptors (Lipinski definition) is 5. The first-order valence-electron chi connectivity index (χ1n) is 10.8. The summed E-state index contributed by atoms with van der Waals surface area (Å²) in [6.45, 7) is 6.55. The van der Waals surface area contributed by atoms with Crippen molar-refractivity contribution in [2.75, 3.05) is 13.1 Å². The minimum atomic E-state index is -3.54. The van der Waals surface area contributed by atoms with Gasteiger partial charge in [0.1, 0.15) is 0 Å². The Morgan fingerprint density at radius 1 is 1.00 bits per heavy atom. The van der Waals surface area contributed by atoms with Gasteiger partial charge in [-0.15, -0.1) is 0 Å². The molecule has 1 aliphatic rings. The molecule has 172 valence electrons. The maximum Gasteiger partial charge on any atom is 0.308 e. The van der Waals surface area contributed by atoms with Crippen LogP contribution in [0.5, 0.6) is 0 Å². The van der Waals surface area contributed by atoms with E-state index >= 15 is 0 Å². The van der Waals surface area contributed by atoms with E-state index in [2.05, 4.69) is 5.32 Å². The number of carbonyl (C=O) groups excluding carboxylic acids is 2. The lowest BCUT2D eigenvalue weighted by Crippen LogP contribution is -2.31. The molecule has 0 bridgehead atoms. The van der Waals surface area contributed by atoms with E-state index in [4.69, 9.17) is 4.74 Å². The molecule has 1 heterocycles. The molecule has 1 N–H and O–H groups in total. The van der Waals surface area contributed by atoms with E-state index in [1.54, 1.807) is 13.8 Å². The Morgan fingerprint density at radius 2 is 1.59 bits per heavy atom. The third-order valence-corrected chi connectivity index (χ3v) is 7.26. The Bertz CT molecular complexity index is 1040. The fourth-order valence-corrected chi connectivity index (χ4v) is 5.14. The molecule has 1 atom stereocenters. The number of hydrogen-bond donors (Lipinski definition) is 1. The Labute approximate surface area is 189 Å². The van der Waals surface area contributed by atoms with Crippen molar-refractivity contribution in [2.24, 2.45) is 0 Å². The molecule has 1 amide bonds. The zero-order valence-electron chi connectivity index (χ0n) is 18.7. The second kappa shape index (κ2) is 10.3. The summed E-state index contributed by atoms with van der Waals surface area (Å²) < 4.78 is 32.1. The summed E-state index contributed by atoms with van der Waals surface area (Å²) in [5.41, 5.74) is 2.18. The number of nitrogens with zero attached hydrogens (tertiary/aromatic N) is 1. The van der Waals surface area contributed by atoms with Crippen molar-refractivity contribution < 1.29 is 22.7 Å². The lowest BCUT2D eigenvalue weighted by atomic mass is 10.0. The van der Waals surface area contributed by atoms with E-state index in [0.717, 1.165) is 24.0 Å². The van der Waals surface area contributed by atoms with Crippen molar-refractivity contribution in [2.45, 2.75) is 57.1 Å². The summed E-state index contributed by atoms with van der Waals surface area (Å²) in [6, 6.07) is 12.9. The van der Waals surface area contributed by atoms with E-state index in [-0.39, 0.29) is 17.4 Å². The molecule has 0 aliphatic carbocycles. The largest absolute Gasteiger partial charge is 0.463 e. The van der Waals surface area contributed by atoms with Crippen molar-refractivity contribution in [3.05, 3.63) is 65.2 Å². The number of carbonyl (C=O) groups is 2. The van der Waals surface area contributed by atoms with Crippen molar-refractivity contribution >= 4 is 21.9 Å². The molecule has 1 unspecified atom stereocenters. The Morgan fingerprint density at radius 3 is 2.16 bits per heavy atom. The van der Waals surface area contributed by atoms with Gasteiger partial charge >= 0.3 is 5.97 Å². The molecule has 3 rings (SSSR count). The van der Waals surface area contributed by atoms with Crippen LogP contribution in [0.15, 0.2) is 53.4 Å². The monoisotopic (exact) mass is 458 g/mol. The smallest absolute Gasteiger partial charge is 0.308 e. The highest BCUT2D eigenvalue weighted by Crippen LogP contribution is 2.22. The van der Waals surface area contributed by atoms with Crippen LogP contribution in [0.3, 0.4) is 0 Å². The number of aryl methyl sites for hydroxylation is 1. The highest BCUT2D eigenvalue weighted by Gasteiger charge is 2.27. The van der Waals surface area contributed by atoms with Gasteiger partial charge in [0, 0.05) is 18.7 Å². The molecule has 0 saturated carbocycles. The highest BCUT2D eigenvalue weighted by atomic mass is 32.2. The van der Waals surface area contributed by atoms with Crippen LogP contribution in [-0.2, 0) is 19.6 Å². The van der Waals surface area contributed by atoms with Gasteiger partial charge in [0.2, 0.25) is 10.0 Å². The van der Waals surface area contributed by atoms with Gasteiger partial charge in [0.05, 0.1) is 23.5 Å². The van der Waals surface area contributed by atoms with E-state index < -0.39 is 27.9 Å². The molecule has 32 heavy (non-hydrogen) atoms.